The molecule has 0 aliphatic carbocycles. The third kappa shape index (κ3) is 2.15. The Balaban J connectivity index is 2.54. The predicted octanol–water partition coefficient (Wildman–Crippen LogP) is 0.0724. The van der Waals surface area contributed by atoms with Crippen LogP contribution in [0.15, 0.2) is 11.6 Å². The third-order valence-electron chi connectivity index (χ3n) is 1.96. The topological polar surface area (TPSA) is 57.6 Å². The first kappa shape index (κ1) is 9.92. The van der Waals surface area contributed by atoms with Crippen LogP contribution in [0.4, 0.5) is 0 Å². The van der Waals surface area contributed by atoms with Crippen molar-refractivity contribution in [1.82, 2.24) is 4.90 Å². The number of hydrogen-bond donors (Lipinski definition) is 1. The number of carbonyl (C=O) groups excluding carboxylic acids is 2. The highest BCUT2D eigenvalue weighted by atomic mass is 16.3. The second-order valence-corrected chi connectivity index (χ2v) is 3.26. The van der Waals surface area contributed by atoms with Crippen LogP contribution in [-0.2, 0) is 9.59 Å². The Hall–Kier alpha value is -1.16. The van der Waals surface area contributed by atoms with Crippen molar-refractivity contribution in [1.29, 1.82) is 0 Å². The van der Waals surface area contributed by atoms with E-state index in [0.29, 0.717) is 18.5 Å². The summed E-state index contributed by atoms with van der Waals surface area (Å²) in [5.41, 5.74) is 0.468. The van der Waals surface area contributed by atoms with Gasteiger partial charge in [-0.1, -0.05) is 0 Å². The van der Waals surface area contributed by atoms with Gasteiger partial charge in [-0.2, -0.15) is 0 Å². The molecule has 13 heavy (non-hydrogen) atoms. The Kier molecular flexibility index (Phi) is 2.83. The summed E-state index contributed by atoms with van der Waals surface area (Å²) in [5.74, 6) is -0.520. The molecule has 4 heteroatoms. The molecule has 1 N–H and O–H groups in total. The molecule has 0 fully saturated rings. The van der Waals surface area contributed by atoms with Crippen LogP contribution in [0.3, 0.4) is 0 Å². The van der Waals surface area contributed by atoms with E-state index in [1.165, 1.54) is 6.08 Å². The highest BCUT2D eigenvalue weighted by molar-refractivity contribution is 6.15. The average Bonchev–Trinajstić information content (AvgIpc) is 2.24. The van der Waals surface area contributed by atoms with Crippen LogP contribution in [0.2, 0.25) is 0 Å². The van der Waals surface area contributed by atoms with Gasteiger partial charge in [-0.05, 0) is 20.3 Å². The zero-order chi connectivity index (χ0) is 10.0. The summed E-state index contributed by atoms with van der Waals surface area (Å²) in [7, 11) is 0. The molecule has 1 aliphatic rings. The largest absolute Gasteiger partial charge is 0.393 e. The molecule has 0 aromatic heterocycles. The number of aliphatic hydroxyl groups is 1. The molecular formula is C9H13NO3. The van der Waals surface area contributed by atoms with Gasteiger partial charge in [0.2, 0.25) is 0 Å². The van der Waals surface area contributed by atoms with Gasteiger partial charge in [0.15, 0.2) is 0 Å². The van der Waals surface area contributed by atoms with E-state index < -0.39 is 6.10 Å². The molecule has 0 saturated heterocycles. The molecule has 1 unspecified atom stereocenters. The highest BCUT2D eigenvalue weighted by Crippen LogP contribution is 2.12. The molecule has 0 bridgehead atoms. The van der Waals surface area contributed by atoms with Crippen molar-refractivity contribution in [2.75, 3.05) is 6.54 Å². The van der Waals surface area contributed by atoms with Crippen molar-refractivity contribution in [2.45, 2.75) is 26.4 Å². The number of nitrogens with zero attached hydrogens (tertiary/aromatic N) is 1. The van der Waals surface area contributed by atoms with E-state index >= 15 is 0 Å². The summed E-state index contributed by atoms with van der Waals surface area (Å²) in [6, 6.07) is 0. The molecule has 0 aromatic carbocycles. The van der Waals surface area contributed by atoms with E-state index in [9.17, 15) is 9.59 Å². The fourth-order valence-electron chi connectivity index (χ4n) is 1.17. The highest BCUT2D eigenvalue weighted by Gasteiger charge is 2.27. The van der Waals surface area contributed by atoms with Gasteiger partial charge in [-0.25, -0.2) is 0 Å². The number of amides is 2. The van der Waals surface area contributed by atoms with Crippen molar-refractivity contribution in [3.05, 3.63) is 11.6 Å². The number of aliphatic hydroxyl groups excluding tert-OH is 1. The first-order chi connectivity index (χ1) is 6.02. The lowest BCUT2D eigenvalue weighted by molar-refractivity contribution is -0.137. The van der Waals surface area contributed by atoms with Crippen molar-refractivity contribution in [3.8, 4) is 0 Å². The maximum absolute atomic E-state index is 11.3. The van der Waals surface area contributed by atoms with Crippen LogP contribution < -0.4 is 0 Å². The molecule has 0 saturated carbocycles. The van der Waals surface area contributed by atoms with Crippen LogP contribution in [0, 0.1) is 0 Å². The predicted molar refractivity (Wildman–Crippen MR) is 46.8 cm³/mol. The standard InChI is InChI=1S/C9H13NO3/c1-6-5-8(12)10(9(6)13)4-3-7(2)11/h5,7,11H,3-4H2,1-2H3. The summed E-state index contributed by atoms with van der Waals surface area (Å²) in [4.78, 5) is 23.6. The fraction of sp³-hybridized carbons (Fsp3) is 0.556. The Morgan fingerprint density at radius 1 is 1.54 bits per heavy atom. The number of imide groups is 1. The fourth-order valence-corrected chi connectivity index (χ4v) is 1.17. The smallest absolute Gasteiger partial charge is 0.256 e. The van der Waals surface area contributed by atoms with Gasteiger partial charge >= 0.3 is 0 Å². The lowest BCUT2D eigenvalue weighted by Crippen LogP contribution is -2.33. The van der Waals surface area contributed by atoms with Gasteiger partial charge in [0, 0.05) is 18.2 Å². The van der Waals surface area contributed by atoms with Crippen LogP contribution >= 0.6 is 0 Å². The quantitative estimate of drug-likeness (QED) is 0.630. The van der Waals surface area contributed by atoms with Crippen molar-refractivity contribution >= 4 is 11.8 Å². The summed E-state index contributed by atoms with van der Waals surface area (Å²) in [6.45, 7) is 3.54. The molecule has 0 spiro atoms. The minimum Gasteiger partial charge on any atom is -0.393 e. The van der Waals surface area contributed by atoms with E-state index in [1.54, 1.807) is 13.8 Å². The van der Waals surface area contributed by atoms with Crippen molar-refractivity contribution in [2.24, 2.45) is 0 Å². The van der Waals surface area contributed by atoms with Crippen LogP contribution in [-0.4, -0.2) is 34.5 Å². The zero-order valence-corrected chi connectivity index (χ0v) is 7.78. The summed E-state index contributed by atoms with van der Waals surface area (Å²) < 4.78 is 0. The first-order valence-corrected chi connectivity index (χ1v) is 4.24. The molecule has 0 aromatic rings. The molecule has 1 rings (SSSR count). The lowest BCUT2D eigenvalue weighted by atomic mass is 10.2. The summed E-state index contributed by atoms with van der Waals surface area (Å²) in [6.07, 6.45) is 1.27. The molecule has 72 valence electrons. The van der Waals surface area contributed by atoms with E-state index in [1.807, 2.05) is 0 Å². The van der Waals surface area contributed by atoms with E-state index in [4.69, 9.17) is 5.11 Å². The van der Waals surface area contributed by atoms with Crippen LogP contribution in [0.5, 0.6) is 0 Å². The second-order valence-electron chi connectivity index (χ2n) is 3.26. The van der Waals surface area contributed by atoms with Gasteiger partial charge in [0.25, 0.3) is 11.8 Å². The number of rotatable bonds is 3. The van der Waals surface area contributed by atoms with E-state index in [-0.39, 0.29) is 11.8 Å². The van der Waals surface area contributed by atoms with Crippen LogP contribution in [0.25, 0.3) is 0 Å². The van der Waals surface area contributed by atoms with E-state index in [0.717, 1.165) is 4.90 Å². The Morgan fingerprint density at radius 3 is 2.54 bits per heavy atom. The Morgan fingerprint density at radius 2 is 2.15 bits per heavy atom. The maximum Gasteiger partial charge on any atom is 0.256 e. The van der Waals surface area contributed by atoms with Gasteiger partial charge in [-0.15, -0.1) is 0 Å². The molecule has 2 amide bonds. The van der Waals surface area contributed by atoms with E-state index in [2.05, 4.69) is 0 Å². The second kappa shape index (κ2) is 3.70. The maximum atomic E-state index is 11.3. The molecule has 0 radical (unpaired) electrons. The Labute approximate surface area is 76.8 Å². The molecule has 1 heterocycles. The lowest BCUT2D eigenvalue weighted by Gasteiger charge is -2.14. The third-order valence-corrected chi connectivity index (χ3v) is 1.96. The number of carbonyl (C=O) groups is 2. The SMILES string of the molecule is CC1=CC(=O)N(CCC(C)O)C1=O. The van der Waals surface area contributed by atoms with Gasteiger partial charge in [0.05, 0.1) is 6.10 Å². The molecule has 1 aliphatic heterocycles. The minimum absolute atomic E-state index is 0.245. The number of hydrogen-bond acceptors (Lipinski definition) is 3. The summed E-state index contributed by atoms with van der Waals surface area (Å²) >= 11 is 0. The van der Waals surface area contributed by atoms with Crippen LogP contribution in [0.1, 0.15) is 20.3 Å². The zero-order valence-electron chi connectivity index (χ0n) is 7.78. The Bertz CT molecular complexity index is 268. The van der Waals surface area contributed by atoms with Gasteiger partial charge < -0.3 is 5.11 Å². The average molecular weight is 183 g/mol. The minimum atomic E-state index is -0.485. The van der Waals surface area contributed by atoms with Gasteiger partial charge in [0.1, 0.15) is 0 Å². The molecule has 1 atom stereocenters. The first-order valence-electron chi connectivity index (χ1n) is 4.24. The van der Waals surface area contributed by atoms with Crippen molar-refractivity contribution < 1.29 is 14.7 Å². The van der Waals surface area contributed by atoms with Crippen molar-refractivity contribution in [3.63, 3.8) is 0 Å². The molecule has 4 nitrogen and oxygen atoms in total. The monoisotopic (exact) mass is 183 g/mol. The molecular weight excluding hydrogens is 170 g/mol. The normalized spacial score (nSPS) is 19.3. The van der Waals surface area contributed by atoms with Gasteiger partial charge in [-0.3, -0.25) is 14.5 Å². The summed E-state index contributed by atoms with van der Waals surface area (Å²) in [5, 5.41) is 8.98.